The highest BCUT2D eigenvalue weighted by Gasteiger charge is 2.41. The second-order valence-electron chi connectivity index (χ2n) is 6.69. The van der Waals surface area contributed by atoms with Crippen molar-refractivity contribution < 1.29 is 22.7 Å². The smallest absolute Gasteiger partial charge is 0.373 e. The van der Waals surface area contributed by atoms with Crippen LogP contribution in [0, 0.1) is 0 Å². The second kappa shape index (κ2) is 8.16. The standard InChI is InChI=1S/C18H23F3N4O2/c1-22-17(25-14-10-13-6-7-15(14)27-13)24-9-8-23-16(26)11-2-4-12(5-3-11)18(19,20)21/h2-5,13-15H,6-10H2,1H3,(H,23,26)(H2,22,24,25). The Balaban J connectivity index is 1.39. The summed E-state index contributed by atoms with van der Waals surface area (Å²) in [6, 6.07) is 4.38. The molecule has 6 nitrogen and oxygen atoms in total. The average molecular weight is 384 g/mol. The number of hydrogen-bond donors (Lipinski definition) is 3. The number of aliphatic imine (C=N–C) groups is 1. The lowest BCUT2D eigenvalue weighted by Gasteiger charge is -2.22. The minimum absolute atomic E-state index is 0.185. The number of amides is 1. The highest BCUT2D eigenvalue weighted by Crippen LogP contribution is 2.34. The van der Waals surface area contributed by atoms with E-state index in [2.05, 4.69) is 20.9 Å². The molecule has 3 N–H and O–H groups in total. The zero-order chi connectivity index (χ0) is 19.4. The number of fused-ring (bicyclic) bond motifs is 2. The number of benzene rings is 1. The van der Waals surface area contributed by atoms with E-state index in [-0.39, 0.29) is 17.7 Å². The van der Waals surface area contributed by atoms with Gasteiger partial charge in [0.25, 0.3) is 5.91 Å². The molecule has 2 saturated heterocycles. The van der Waals surface area contributed by atoms with Crippen LogP contribution in [-0.4, -0.2) is 50.3 Å². The molecule has 2 heterocycles. The first-order valence-corrected chi connectivity index (χ1v) is 8.95. The van der Waals surface area contributed by atoms with Crippen LogP contribution < -0.4 is 16.0 Å². The number of alkyl halides is 3. The van der Waals surface area contributed by atoms with E-state index in [0.717, 1.165) is 31.4 Å². The van der Waals surface area contributed by atoms with E-state index in [0.29, 0.717) is 25.2 Å². The first kappa shape index (κ1) is 19.5. The number of hydrogen-bond acceptors (Lipinski definition) is 3. The van der Waals surface area contributed by atoms with Crippen molar-refractivity contribution >= 4 is 11.9 Å². The van der Waals surface area contributed by atoms with Crippen LogP contribution in [0.1, 0.15) is 35.2 Å². The molecule has 0 aliphatic carbocycles. The number of halogens is 3. The summed E-state index contributed by atoms with van der Waals surface area (Å²) in [6.45, 7) is 0.751. The monoisotopic (exact) mass is 384 g/mol. The van der Waals surface area contributed by atoms with Gasteiger partial charge in [0.15, 0.2) is 5.96 Å². The lowest BCUT2D eigenvalue weighted by molar-refractivity contribution is -0.137. The largest absolute Gasteiger partial charge is 0.416 e. The number of carbonyl (C=O) groups is 1. The fourth-order valence-electron chi connectivity index (χ4n) is 3.43. The van der Waals surface area contributed by atoms with Crippen molar-refractivity contribution in [2.24, 2.45) is 4.99 Å². The molecule has 3 unspecified atom stereocenters. The minimum atomic E-state index is -4.41. The van der Waals surface area contributed by atoms with Crippen LogP contribution in [0.2, 0.25) is 0 Å². The third-order valence-electron chi connectivity index (χ3n) is 4.83. The Morgan fingerprint density at radius 2 is 1.89 bits per heavy atom. The second-order valence-corrected chi connectivity index (χ2v) is 6.69. The number of ether oxygens (including phenoxy) is 1. The lowest BCUT2D eigenvalue weighted by Crippen LogP contribution is -2.48. The molecule has 2 bridgehead atoms. The Labute approximate surface area is 155 Å². The quantitative estimate of drug-likeness (QED) is 0.412. The summed E-state index contributed by atoms with van der Waals surface area (Å²) in [5.41, 5.74) is -0.593. The zero-order valence-electron chi connectivity index (χ0n) is 15.0. The molecule has 0 spiro atoms. The van der Waals surface area contributed by atoms with Gasteiger partial charge in [0.05, 0.1) is 23.8 Å². The van der Waals surface area contributed by atoms with E-state index in [1.165, 1.54) is 12.1 Å². The third-order valence-corrected chi connectivity index (χ3v) is 4.83. The van der Waals surface area contributed by atoms with E-state index in [1.54, 1.807) is 7.05 Å². The van der Waals surface area contributed by atoms with E-state index >= 15 is 0 Å². The van der Waals surface area contributed by atoms with E-state index < -0.39 is 17.6 Å². The Morgan fingerprint density at radius 1 is 1.19 bits per heavy atom. The third kappa shape index (κ3) is 4.91. The zero-order valence-corrected chi connectivity index (χ0v) is 15.0. The summed E-state index contributed by atoms with van der Waals surface area (Å²) in [6.07, 6.45) is -0.698. The molecular weight excluding hydrogens is 361 g/mol. The topological polar surface area (TPSA) is 74.8 Å². The highest BCUT2D eigenvalue weighted by molar-refractivity contribution is 5.94. The highest BCUT2D eigenvalue weighted by atomic mass is 19.4. The minimum Gasteiger partial charge on any atom is -0.373 e. The van der Waals surface area contributed by atoms with Crippen molar-refractivity contribution in [1.29, 1.82) is 0 Å². The Morgan fingerprint density at radius 3 is 2.44 bits per heavy atom. The van der Waals surface area contributed by atoms with Crippen molar-refractivity contribution in [1.82, 2.24) is 16.0 Å². The number of guanidine groups is 1. The molecule has 148 valence electrons. The molecule has 1 aromatic carbocycles. The lowest BCUT2D eigenvalue weighted by atomic mass is 9.96. The molecule has 27 heavy (non-hydrogen) atoms. The SMILES string of the molecule is CN=C(NCCNC(=O)c1ccc(C(F)(F)F)cc1)NC1CC2CCC1O2. The van der Waals surface area contributed by atoms with Crippen LogP contribution in [0.15, 0.2) is 29.3 Å². The summed E-state index contributed by atoms with van der Waals surface area (Å²) in [4.78, 5) is 16.2. The van der Waals surface area contributed by atoms with Crippen LogP contribution in [-0.2, 0) is 10.9 Å². The van der Waals surface area contributed by atoms with Gasteiger partial charge in [-0.1, -0.05) is 0 Å². The van der Waals surface area contributed by atoms with E-state index in [9.17, 15) is 18.0 Å². The molecule has 0 saturated carbocycles. The first-order valence-electron chi connectivity index (χ1n) is 8.95. The fraction of sp³-hybridized carbons (Fsp3) is 0.556. The van der Waals surface area contributed by atoms with Gasteiger partial charge in [-0.2, -0.15) is 13.2 Å². The van der Waals surface area contributed by atoms with Crippen molar-refractivity contribution in [2.75, 3.05) is 20.1 Å². The van der Waals surface area contributed by atoms with Gasteiger partial charge in [-0.05, 0) is 43.5 Å². The van der Waals surface area contributed by atoms with Crippen molar-refractivity contribution in [3.8, 4) is 0 Å². The molecule has 9 heteroatoms. The van der Waals surface area contributed by atoms with E-state index in [4.69, 9.17) is 4.74 Å². The van der Waals surface area contributed by atoms with Gasteiger partial charge >= 0.3 is 6.18 Å². The maximum absolute atomic E-state index is 12.5. The molecule has 0 radical (unpaired) electrons. The molecule has 1 aromatic rings. The summed E-state index contributed by atoms with van der Waals surface area (Å²) in [5, 5.41) is 9.11. The van der Waals surface area contributed by atoms with Gasteiger partial charge in [0.2, 0.25) is 0 Å². The summed E-state index contributed by atoms with van der Waals surface area (Å²) in [7, 11) is 1.67. The number of nitrogens with zero attached hydrogens (tertiary/aromatic N) is 1. The van der Waals surface area contributed by atoms with Crippen LogP contribution in [0.3, 0.4) is 0 Å². The molecular formula is C18H23F3N4O2. The predicted octanol–water partition coefficient (Wildman–Crippen LogP) is 1.92. The van der Waals surface area contributed by atoms with Crippen molar-refractivity contribution in [2.45, 2.75) is 43.7 Å². The van der Waals surface area contributed by atoms with Crippen LogP contribution in [0.25, 0.3) is 0 Å². The van der Waals surface area contributed by atoms with Crippen molar-refractivity contribution in [3.05, 3.63) is 35.4 Å². The molecule has 3 atom stereocenters. The van der Waals surface area contributed by atoms with Gasteiger partial charge in [-0.15, -0.1) is 0 Å². The van der Waals surface area contributed by atoms with Gasteiger partial charge in [0.1, 0.15) is 0 Å². The Kier molecular flexibility index (Phi) is 5.88. The number of rotatable bonds is 5. The summed E-state index contributed by atoms with van der Waals surface area (Å²) in [5.74, 6) is 0.218. The summed E-state index contributed by atoms with van der Waals surface area (Å²) < 4.78 is 43.4. The summed E-state index contributed by atoms with van der Waals surface area (Å²) >= 11 is 0. The van der Waals surface area contributed by atoms with Gasteiger partial charge in [-0.25, -0.2) is 0 Å². The van der Waals surface area contributed by atoms with Crippen LogP contribution in [0.5, 0.6) is 0 Å². The maximum Gasteiger partial charge on any atom is 0.416 e. The van der Waals surface area contributed by atoms with Crippen LogP contribution >= 0.6 is 0 Å². The molecule has 1 amide bonds. The number of carbonyl (C=O) groups excluding carboxylic acids is 1. The van der Waals surface area contributed by atoms with E-state index in [1.807, 2.05) is 0 Å². The maximum atomic E-state index is 12.5. The Hall–Kier alpha value is -2.29. The Bertz CT molecular complexity index is 691. The number of nitrogens with one attached hydrogen (secondary N) is 3. The van der Waals surface area contributed by atoms with Crippen LogP contribution in [0.4, 0.5) is 13.2 Å². The molecule has 2 aliphatic heterocycles. The molecule has 2 aliphatic rings. The molecule has 3 rings (SSSR count). The van der Waals surface area contributed by atoms with Gasteiger partial charge in [0, 0.05) is 25.7 Å². The molecule has 0 aromatic heterocycles. The molecule has 2 fully saturated rings. The van der Waals surface area contributed by atoms with Crippen molar-refractivity contribution in [3.63, 3.8) is 0 Å². The fourth-order valence-corrected chi connectivity index (χ4v) is 3.43. The predicted molar refractivity (Wildman–Crippen MR) is 94.6 cm³/mol. The van der Waals surface area contributed by atoms with Gasteiger partial charge in [-0.3, -0.25) is 9.79 Å². The normalized spacial score (nSPS) is 24.7. The first-order chi connectivity index (χ1) is 12.9. The average Bonchev–Trinajstić information content (AvgIpc) is 3.26. The van der Waals surface area contributed by atoms with Gasteiger partial charge < -0.3 is 20.7 Å².